The van der Waals surface area contributed by atoms with Crippen molar-refractivity contribution in [3.05, 3.63) is 12.7 Å². The molecule has 1 unspecified atom stereocenters. The Morgan fingerprint density at radius 2 is 1.75 bits per heavy atom. The fourth-order valence-electron chi connectivity index (χ4n) is 1.83. The number of nitrogens with zero attached hydrogens (tertiary/aromatic N) is 1. The first-order valence-electron chi connectivity index (χ1n) is 6.41. The molecule has 0 bridgehead atoms. The summed E-state index contributed by atoms with van der Waals surface area (Å²) in [5, 5.41) is 0. The van der Waals surface area contributed by atoms with Gasteiger partial charge in [0.2, 0.25) is 5.91 Å². The van der Waals surface area contributed by atoms with Gasteiger partial charge in [-0.2, -0.15) is 0 Å². The molecule has 0 heterocycles. The summed E-state index contributed by atoms with van der Waals surface area (Å²) in [7, 11) is 3.65. The number of allylic oxidation sites excluding steroid dienone is 1. The van der Waals surface area contributed by atoms with Crippen LogP contribution in [0.25, 0.3) is 0 Å². The second kappa shape index (κ2) is 9.44. The van der Waals surface area contributed by atoms with Crippen LogP contribution in [-0.4, -0.2) is 24.9 Å². The average molecular weight is 225 g/mol. The summed E-state index contributed by atoms with van der Waals surface area (Å²) in [6.07, 6.45) is 10.4. The van der Waals surface area contributed by atoms with Crippen LogP contribution in [0.4, 0.5) is 0 Å². The lowest BCUT2D eigenvalue weighted by atomic mass is 10.0. The topological polar surface area (TPSA) is 20.3 Å². The lowest BCUT2D eigenvalue weighted by Crippen LogP contribution is -2.27. The Kier molecular flexibility index (Phi) is 8.97. The minimum atomic E-state index is 0.183. The van der Waals surface area contributed by atoms with Gasteiger partial charge in [0.15, 0.2) is 0 Å². The van der Waals surface area contributed by atoms with Crippen molar-refractivity contribution in [3.63, 3.8) is 0 Å². The Hall–Kier alpha value is -0.790. The molecule has 0 fully saturated rings. The molecule has 2 heteroatoms. The normalized spacial score (nSPS) is 12.2. The quantitative estimate of drug-likeness (QED) is 0.433. The van der Waals surface area contributed by atoms with Gasteiger partial charge >= 0.3 is 0 Å². The van der Waals surface area contributed by atoms with Crippen LogP contribution in [0.5, 0.6) is 0 Å². The monoisotopic (exact) mass is 225 g/mol. The Labute approximate surface area is 101 Å². The summed E-state index contributed by atoms with van der Waals surface area (Å²) >= 11 is 0. The third kappa shape index (κ3) is 7.49. The Morgan fingerprint density at radius 1 is 1.19 bits per heavy atom. The summed E-state index contributed by atoms with van der Waals surface area (Å²) in [5.41, 5.74) is 0. The van der Waals surface area contributed by atoms with Crippen LogP contribution in [0.2, 0.25) is 0 Å². The van der Waals surface area contributed by atoms with Gasteiger partial charge in [0.05, 0.1) is 0 Å². The van der Waals surface area contributed by atoms with Gasteiger partial charge < -0.3 is 4.90 Å². The van der Waals surface area contributed by atoms with E-state index in [0.29, 0.717) is 0 Å². The molecule has 1 amide bonds. The van der Waals surface area contributed by atoms with E-state index >= 15 is 0 Å². The molecule has 0 saturated heterocycles. The van der Waals surface area contributed by atoms with Gasteiger partial charge in [-0.3, -0.25) is 4.79 Å². The van der Waals surface area contributed by atoms with Crippen molar-refractivity contribution in [2.24, 2.45) is 5.92 Å². The summed E-state index contributed by atoms with van der Waals surface area (Å²) < 4.78 is 0. The van der Waals surface area contributed by atoms with Crippen molar-refractivity contribution >= 4 is 5.91 Å². The Balaban J connectivity index is 3.37. The number of rotatable bonds is 9. The van der Waals surface area contributed by atoms with Gasteiger partial charge in [-0.05, 0) is 19.3 Å². The number of hydrogen-bond acceptors (Lipinski definition) is 1. The molecule has 0 rings (SSSR count). The van der Waals surface area contributed by atoms with Gasteiger partial charge in [0, 0.05) is 20.0 Å². The zero-order valence-corrected chi connectivity index (χ0v) is 11.2. The highest BCUT2D eigenvalue weighted by Gasteiger charge is 2.13. The van der Waals surface area contributed by atoms with Crippen molar-refractivity contribution in [3.8, 4) is 0 Å². The largest absolute Gasteiger partial charge is 0.349 e. The van der Waals surface area contributed by atoms with Crippen LogP contribution in [0.1, 0.15) is 51.9 Å². The lowest BCUT2D eigenvalue weighted by molar-refractivity contribution is -0.132. The molecule has 94 valence electrons. The molecule has 0 aliphatic rings. The first-order chi connectivity index (χ1) is 7.59. The van der Waals surface area contributed by atoms with Crippen molar-refractivity contribution in [2.45, 2.75) is 51.9 Å². The van der Waals surface area contributed by atoms with Gasteiger partial charge in [0.1, 0.15) is 0 Å². The highest BCUT2D eigenvalue weighted by molar-refractivity contribution is 5.77. The Morgan fingerprint density at radius 3 is 2.31 bits per heavy atom. The van der Waals surface area contributed by atoms with Gasteiger partial charge in [-0.1, -0.05) is 38.7 Å². The summed E-state index contributed by atoms with van der Waals surface area (Å²) in [6.45, 7) is 5.74. The zero-order valence-electron chi connectivity index (χ0n) is 11.2. The molecule has 0 aliphatic heterocycles. The standard InChI is InChI=1S/C14H27NO/c1-5-6-7-8-9-10-11-12-13(2)14(16)15(3)4/h5,13H,1,6-12H2,2-4H3. The molecule has 0 radical (unpaired) electrons. The van der Waals surface area contributed by atoms with Crippen LogP contribution in [-0.2, 0) is 4.79 Å². The van der Waals surface area contributed by atoms with Crippen molar-refractivity contribution in [1.29, 1.82) is 0 Å². The van der Waals surface area contributed by atoms with E-state index in [-0.39, 0.29) is 11.8 Å². The van der Waals surface area contributed by atoms with E-state index < -0.39 is 0 Å². The number of hydrogen-bond donors (Lipinski definition) is 0. The van der Waals surface area contributed by atoms with E-state index in [0.717, 1.165) is 12.8 Å². The van der Waals surface area contributed by atoms with Crippen LogP contribution >= 0.6 is 0 Å². The van der Waals surface area contributed by atoms with Crippen molar-refractivity contribution < 1.29 is 4.79 Å². The highest BCUT2D eigenvalue weighted by atomic mass is 16.2. The molecule has 2 nitrogen and oxygen atoms in total. The molecule has 0 aromatic heterocycles. The Bertz CT molecular complexity index is 199. The molecule has 0 spiro atoms. The summed E-state index contributed by atoms with van der Waals surface area (Å²) in [5.74, 6) is 0.440. The van der Waals surface area contributed by atoms with Crippen molar-refractivity contribution in [2.75, 3.05) is 14.1 Å². The zero-order chi connectivity index (χ0) is 12.4. The van der Waals surface area contributed by atoms with Gasteiger partial charge in [-0.25, -0.2) is 0 Å². The second-order valence-electron chi connectivity index (χ2n) is 4.77. The number of unbranched alkanes of at least 4 members (excludes halogenated alkanes) is 5. The number of amides is 1. The maximum atomic E-state index is 11.6. The maximum Gasteiger partial charge on any atom is 0.224 e. The molecule has 0 N–H and O–H groups in total. The first-order valence-corrected chi connectivity index (χ1v) is 6.41. The van der Waals surface area contributed by atoms with E-state index in [1.165, 1.54) is 32.1 Å². The van der Waals surface area contributed by atoms with E-state index in [2.05, 4.69) is 6.58 Å². The molecular weight excluding hydrogens is 198 g/mol. The smallest absolute Gasteiger partial charge is 0.224 e. The number of carbonyl (C=O) groups is 1. The first kappa shape index (κ1) is 15.2. The predicted molar refractivity (Wildman–Crippen MR) is 70.4 cm³/mol. The summed E-state index contributed by atoms with van der Waals surface area (Å²) in [4.78, 5) is 13.3. The van der Waals surface area contributed by atoms with E-state index in [1.54, 1.807) is 4.90 Å². The molecule has 0 saturated carbocycles. The molecule has 0 aromatic rings. The van der Waals surface area contributed by atoms with Crippen LogP contribution in [0.3, 0.4) is 0 Å². The lowest BCUT2D eigenvalue weighted by Gasteiger charge is -2.16. The van der Waals surface area contributed by atoms with Gasteiger partial charge in [-0.15, -0.1) is 6.58 Å². The maximum absolute atomic E-state index is 11.6. The molecule has 1 atom stereocenters. The third-order valence-corrected chi connectivity index (χ3v) is 2.91. The average Bonchev–Trinajstić information content (AvgIpc) is 2.26. The van der Waals surface area contributed by atoms with Gasteiger partial charge in [0.25, 0.3) is 0 Å². The highest BCUT2D eigenvalue weighted by Crippen LogP contribution is 2.13. The summed E-state index contributed by atoms with van der Waals surface area (Å²) in [6, 6.07) is 0. The van der Waals surface area contributed by atoms with E-state index in [1.807, 2.05) is 27.1 Å². The van der Waals surface area contributed by atoms with Crippen LogP contribution in [0, 0.1) is 5.92 Å². The minimum absolute atomic E-state index is 0.183. The minimum Gasteiger partial charge on any atom is -0.349 e. The fourth-order valence-corrected chi connectivity index (χ4v) is 1.83. The molecular formula is C14H27NO. The van der Waals surface area contributed by atoms with E-state index in [9.17, 15) is 4.79 Å². The number of carbonyl (C=O) groups excluding carboxylic acids is 1. The third-order valence-electron chi connectivity index (χ3n) is 2.91. The SMILES string of the molecule is C=CCCCCCCCC(C)C(=O)N(C)C. The fraction of sp³-hybridized carbons (Fsp3) is 0.786. The second-order valence-corrected chi connectivity index (χ2v) is 4.77. The van der Waals surface area contributed by atoms with Crippen LogP contribution in [0.15, 0.2) is 12.7 Å². The van der Waals surface area contributed by atoms with E-state index in [4.69, 9.17) is 0 Å². The molecule has 0 aliphatic carbocycles. The molecule has 16 heavy (non-hydrogen) atoms. The molecule has 0 aromatic carbocycles. The van der Waals surface area contributed by atoms with Crippen LogP contribution < -0.4 is 0 Å². The van der Waals surface area contributed by atoms with Crippen molar-refractivity contribution in [1.82, 2.24) is 4.90 Å². The predicted octanol–water partition coefficient (Wildman–Crippen LogP) is 3.63.